The molecular weight excluding hydrogens is 224 g/mol. The molecule has 0 radical (unpaired) electrons. The van der Waals surface area contributed by atoms with Gasteiger partial charge in [0, 0.05) is 17.8 Å². The van der Waals surface area contributed by atoms with E-state index in [4.69, 9.17) is 12.2 Å². The number of nitrogens with one attached hydrogen (secondary N) is 2. The number of nitrogens with zero attached hydrogens (tertiary/aromatic N) is 2. The van der Waals surface area contributed by atoms with Crippen LogP contribution in [0.15, 0.2) is 18.3 Å². The quantitative estimate of drug-likeness (QED) is 0.769. The van der Waals surface area contributed by atoms with E-state index in [1.165, 1.54) is 0 Å². The molecule has 6 heteroatoms. The van der Waals surface area contributed by atoms with Crippen LogP contribution in [0.5, 0.6) is 0 Å². The summed E-state index contributed by atoms with van der Waals surface area (Å²) in [5, 5.41) is 9.63. The molecule has 1 fully saturated rings. The van der Waals surface area contributed by atoms with Gasteiger partial charge in [-0.15, -0.1) is 0 Å². The van der Waals surface area contributed by atoms with Crippen LogP contribution in [0, 0.1) is 4.77 Å². The van der Waals surface area contributed by atoms with Crippen molar-refractivity contribution in [1.82, 2.24) is 19.9 Å². The molecule has 1 saturated carbocycles. The van der Waals surface area contributed by atoms with E-state index in [9.17, 15) is 4.79 Å². The molecule has 1 aliphatic carbocycles. The second-order valence-electron chi connectivity index (χ2n) is 3.92. The first-order chi connectivity index (χ1) is 7.74. The van der Waals surface area contributed by atoms with E-state index in [0.29, 0.717) is 22.0 Å². The first kappa shape index (κ1) is 9.53. The normalized spacial score (nSPS) is 15.2. The molecule has 0 unspecified atom stereocenters. The van der Waals surface area contributed by atoms with Gasteiger partial charge in [-0.05, 0) is 37.2 Å². The molecule has 2 heterocycles. The molecule has 0 aliphatic heterocycles. The summed E-state index contributed by atoms with van der Waals surface area (Å²) in [6.07, 6.45) is 3.92. The van der Waals surface area contributed by atoms with Crippen molar-refractivity contribution < 1.29 is 4.79 Å². The van der Waals surface area contributed by atoms with E-state index in [2.05, 4.69) is 15.5 Å². The molecule has 0 saturated heterocycles. The number of pyridine rings is 1. The van der Waals surface area contributed by atoms with E-state index in [-0.39, 0.29) is 5.91 Å². The number of rotatable bonds is 2. The molecule has 0 bridgehead atoms. The number of amides is 1. The van der Waals surface area contributed by atoms with Crippen molar-refractivity contribution in [2.45, 2.75) is 18.9 Å². The van der Waals surface area contributed by atoms with E-state index in [1.807, 2.05) is 0 Å². The average molecular weight is 234 g/mol. The summed E-state index contributed by atoms with van der Waals surface area (Å²) in [6.45, 7) is 0. The number of carbonyl (C=O) groups excluding carboxylic acids is 1. The van der Waals surface area contributed by atoms with Gasteiger partial charge >= 0.3 is 0 Å². The van der Waals surface area contributed by atoms with Crippen LogP contribution in [-0.4, -0.2) is 26.5 Å². The van der Waals surface area contributed by atoms with Gasteiger partial charge in [0.05, 0.1) is 0 Å². The summed E-state index contributed by atoms with van der Waals surface area (Å²) in [6, 6.07) is 3.84. The molecule has 5 nitrogen and oxygen atoms in total. The topological polar surface area (TPSA) is 62.2 Å². The van der Waals surface area contributed by atoms with Crippen molar-refractivity contribution in [1.29, 1.82) is 0 Å². The fourth-order valence-electron chi connectivity index (χ4n) is 1.54. The zero-order valence-corrected chi connectivity index (χ0v) is 9.25. The first-order valence-electron chi connectivity index (χ1n) is 5.12. The molecule has 0 spiro atoms. The van der Waals surface area contributed by atoms with E-state index >= 15 is 0 Å². The van der Waals surface area contributed by atoms with Crippen LogP contribution >= 0.6 is 12.2 Å². The molecule has 1 aliphatic rings. The monoisotopic (exact) mass is 234 g/mol. The Hall–Kier alpha value is -1.69. The Balaban J connectivity index is 1.97. The zero-order valence-electron chi connectivity index (χ0n) is 8.43. The van der Waals surface area contributed by atoms with Crippen LogP contribution in [0.4, 0.5) is 0 Å². The van der Waals surface area contributed by atoms with Gasteiger partial charge in [0.1, 0.15) is 0 Å². The smallest absolute Gasteiger partial charge is 0.251 e. The van der Waals surface area contributed by atoms with Crippen molar-refractivity contribution in [3.8, 4) is 0 Å². The third kappa shape index (κ3) is 1.61. The van der Waals surface area contributed by atoms with Gasteiger partial charge in [0.2, 0.25) is 0 Å². The second kappa shape index (κ2) is 3.41. The van der Waals surface area contributed by atoms with Gasteiger partial charge in [0.15, 0.2) is 10.4 Å². The van der Waals surface area contributed by atoms with Crippen molar-refractivity contribution in [2.75, 3.05) is 0 Å². The minimum Gasteiger partial charge on any atom is -0.349 e. The lowest BCUT2D eigenvalue weighted by Gasteiger charge is -2.02. The van der Waals surface area contributed by atoms with Crippen LogP contribution < -0.4 is 5.32 Å². The molecule has 0 aromatic carbocycles. The van der Waals surface area contributed by atoms with E-state index < -0.39 is 0 Å². The fourth-order valence-corrected chi connectivity index (χ4v) is 1.74. The number of aromatic nitrogens is 3. The van der Waals surface area contributed by atoms with Gasteiger partial charge < -0.3 is 5.32 Å². The number of hydrogen-bond donors (Lipinski definition) is 2. The van der Waals surface area contributed by atoms with Crippen LogP contribution in [0.25, 0.3) is 5.65 Å². The number of carbonyl (C=O) groups is 1. The Bertz CT molecular complexity index is 611. The molecule has 16 heavy (non-hydrogen) atoms. The minimum atomic E-state index is -0.0427. The highest BCUT2D eigenvalue weighted by atomic mass is 32.1. The molecule has 3 rings (SSSR count). The summed E-state index contributed by atoms with van der Waals surface area (Å²) < 4.78 is 2.26. The third-order valence-corrected chi connectivity index (χ3v) is 2.88. The zero-order chi connectivity index (χ0) is 11.1. The van der Waals surface area contributed by atoms with Crippen LogP contribution in [0.1, 0.15) is 23.2 Å². The molecule has 1 amide bonds. The molecule has 2 aromatic heterocycles. The summed E-state index contributed by atoms with van der Waals surface area (Å²) in [7, 11) is 0. The Morgan fingerprint density at radius 1 is 1.62 bits per heavy atom. The molecule has 2 aromatic rings. The second-order valence-corrected chi connectivity index (χ2v) is 4.31. The lowest BCUT2D eigenvalue weighted by atomic mass is 10.2. The third-order valence-electron chi connectivity index (χ3n) is 2.59. The number of fused-ring (bicyclic) bond motifs is 1. The predicted molar refractivity (Wildman–Crippen MR) is 60.9 cm³/mol. The van der Waals surface area contributed by atoms with Crippen molar-refractivity contribution in [2.24, 2.45) is 0 Å². The summed E-state index contributed by atoms with van der Waals surface area (Å²) in [5.74, 6) is -0.0427. The molecule has 82 valence electrons. The van der Waals surface area contributed by atoms with Gasteiger partial charge in [0.25, 0.3) is 5.91 Å². The lowest BCUT2D eigenvalue weighted by molar-refractivity contribution is 0.0951. The van der Waals surface area contributed by atoms with Crippen LogP contribution in [0.3, 0.4) is 0 Å². The maximum atomic E-state index is 11.8. The minimum absolute atomic E-state index is 0.0427. The summed E-state index contributed by atoms with van der Waals surface area (Å²) in [5.41, 5.74) is 1.28. The average Bonchev–Trinajstić information content (AvgIpc) is 3.02. The van der Waals surface area contributed by atoms with Crippen LogP contribution in [-0.2, 0) is 0 Å². The maximum Gasteiger partial charge on any atom is 0.251 e. The Morgan fingerprint density at radius 2 is 2.44 bits per heavy atom. The highest BCUT2D eigenvalue weighted by molar-refractivity contribution is 7.71. The van der Waals surface area contributed by atoms with Gasteiger partial charge in [-0.1, -0.05) is 0 Å². The predicted octanol–water partition coefficient (Wildman–Crippen LogP) is 1.28. The van der Waals surface area contributed by atoms with Gasteiger partial charge in [-0.2, -0.15) is 5.10 Å². The highest BCUT2D eigenvalue weighted by Crippen LogP contribution is 2.19. The van der Waals surface area contributed by atoms with E-state index in [0.717, 1.165) is 12.8 Å². The molecule has 0 atom stereocenters. The summed E-state index contributed by atoms with van der Waals surface area (Å²) >= 11 is 5.02. The first-order valence-corrected chi connectivity index (χ1v) is 5.52. The Kier molecular flexibility index (Phi) is 2.03. The number of aromatic amines is 1. The molecular formula is C10H10N4OS. The highest BCUT2D eigenvalue weighted by Gasteiger charge is 2.23. The Labute approximate surface area is 96.5 Å². The standard InChI is InChI=1S/C10H10N4OS/c15-9(11-7-1-2-7)6-3-4-14-8(5-6)12-13-10(14)16/h3-5,7H,1-2H2,(H,11,15)(H,13,16). The lowest BCUT2D eigenvalue weighted by Crippen LogP contribution is -2.25. The fraction of sp³-hybridized carbons (Fsp3) is 0.300. The van der Waals surface area contributed by atoms with Crippen molar-refractivity contribution in [3.63, 3.8) is 0 Å². The number of hydrogen-bond acceptors (Lipinski definition) is 3. The maximum absolute atomic E-state index is 11.8. The largest absolute Gasteiger partial charge is 0.349 e. The molecule has 2 N–H and O–H groups in total. The van der Waals surface area contributed by atoms with Crippen molar-refractivity contribution >= 4 is 23.8 Å². The van der Waals surface area contributed by atoms with Gasteiger partial charge in [-0.25, -0.2) is 0 Å². The SMILES string of the molecule is O=C(NC1CC1)c1ccn2c(=S)[nH]nc2c1. The summed E-state index contributed by atoms with van der Waals surface area (Å²) in [4.78, 5) is 11.8. The van der Waals surface area contributed by atoms with E-state index in [1.54, 1.807) is 22.7 Å². The van der Waals surface area contributed by atoms with Gasteiger partial charge in [-0.3, -0.25) is 14.3 Å². The van der Waals surface area contributed by atoms with Crippen LogP contribution in [0.2, 0.25) is 0 Å². The Morgan fingerprint density at radius 3 is 3.19 bits per heavy atom. The number of H-pyrrole nitrogens is 1. The van der Waals surface area contributed by atoms with Crippen molar-refractivity contribution in [3.05, 3.63) is 28.7 Å².